The minimum atomic E-state index is -4.47. The number of likely N-dealkylation sites (tertiary alicyclic amines) is 1. The molecule has 1 aliphatic heterocycles. The molecule has 0 unspecified atom stereocenters. The number of aliphatic imine (C=N–C) groups is 1. The summed E-state index contributed by atoms with van der Waals surface area (Å²) in [7, 11) is 0. The number of guanidine groups is 1. The van der Waals surface area contributed by atoms with Gasteiger partial charge in [0.05, 0.1) is 6.54 Å². The number of hydrogen-bond acceptors (Lipinski definition) is 4. The first-order chi connectivity index (χ1) is 11.0. The highest BCUT2D eigenvalue weighted by atomic mass is 19.4. The normalized spacial score (nSPS) is 15.8. The lowest BCUT2D eigenvalue weighted by Gasteiger charge is -2.20. The molecule has 1 aromatic rings. The third-order valence-corrected chi connectivity index (χ3v) is 3.34. The molecule has 2 heterocycles. The van der Waals surface area contributed by atoms with Gasteiger partial charge in [-0.05, 0) is 25.8 Å². The van der Waals surface area contributed by atoms with Crippen LogP contribution in [0.15, 0.2) is 17.3 Å². The predicted molar refractivity (Wildman–Crippen MR) is 82.3 cm³/mol. The number of halogens is 3. The van der Waals surface area contributed by atoms with Crippen LogP contribution in [0, 0.1) is 0 Å². The molecule has 0 aromatic carbocycles. The van der Waals surface area contributed by atoms with Crippen molar-refractivity contribution in [1.82, 2.24) is 20.2 Å². The van der Waals surface area contributed by atoms with Gasteiger partial charge in [0.1, 0.15) is 5.69 Å². The number of alkyl halides is 3. The van der Waals surface area contributed by atoms with Crippen LogP contribution in [-0.4, -0.2) is 53.6 Å². The van der Waals surface area contributed by atoms with Gasteiger partial charge in [-0.3, -0.25) is 4.99 Å². The molecule has 0 aliphatic carbocycles. The van der Waals surface area contributed by atoms with Gasteiger partial charge in [-0.25, -0.2) is 9.97 Å². The van der Waals surface area contributed by atoms with Gasteiger partial charge in [-0.1, -0.05) is 0 Å². The summed E-state index contributed by atoms with van der Waals surface area (Å²) < 4.78 is 37.7. The molecule has 1 fully saturated rings. The Morgan fingerprint density at radius 2 is 2.09 bits per heavy atom. The van der Waals surface area contributed by atoms with Gasteiger partial charge in [0.15, 0.2) is 5.96 Å². The van der Waals surface area contributed by atoms with Crippen LogP contribution in [0.1, 0.15) is 25.5 Å². The van der Waals surface area contributed by atoms with E-state index < -0.39 is 11.9 Å². The number of nitrogens with one attached hydrogen (secondary N) is 2. The number of anilines is 1. The van der Waals surface area contributed by atoms with Crippen molar-refractivity contribution in [2.45, 2.75) is 25.9 Å². The van der Waals surface area contributed by atoms with Crippen molar-refractivity contribution in [3.8, 4) is 0 Å². The largest absolute Gasteiger partial charge is 0.433 e. The van der Waals surface area contributed by atoms with Gasteiger partial charge in [0.2, 0.25) is 5.95 Å². The molecule has 0 bridgehead atoms. The van der Waals surface area contributed by atoms with E-state index in [-0.39, 0.29) is 5.95 Å². The molecule has 1 aromatic heterocycles. The van der Waals surface area contributed by atoms with Gasteiger partial charge >= 0.3 is 6.18 Å². The van der Waals surface area contributed by atoms with E-state index in [0.29, 0.717) is 13.1 Å². The molecule has 9 heteroatoms. The summed E-state index contributed by atoms with van der Waals surface area (Å²) in [5, 5.41) is 5.99. The lowest BCUT2D eigenvalue weighted by Crippen LogP contribution is -2.39. The Balaban J connectivity index is 1.87. The molecule has 23 heavy (non-hydrogen) atoms. The van der Waals surface area contributed by atoms with Gasteiger partial charge in [-0.15, -0.1) is 0 Å². The van der Waals surface area contributed by atoms with Crippen LogP contribution in [0.4, 0.5) is 19.1 Å². The van der Waals surface area contributed by atoms with Crippen molar-refractivity contribution in [1.29, 1.82) is 0 Å². The molecule has 0 spiro atoms. The number of nitrogens with zero attached hydrogens (tertiary/aromatic N) is 4. The van der Waals surface area contributed by atoms with Gasteiger partial charge in [0.25, 0.3) is 0 Å². The molecule has 0 amide bonds. The first-order valence-electron chi connectivity index (χ1n) is 7.68. The second-order valence-corrected chi connectivity index (χ2v) is 5.12. The molecule has 2 rings (SSSR count). The fourth-order valence-electron chi connectivity index (χ4n) is 2.29. The van der Waals surface area contributed by atoms with Crippen LogP contribution in [0.2, 0.25) is 0 Å². The maximum atomic E-state index is 12.6. The lowest BCUT2D eigenvalue weighted by atomic mass is 10.4. The molecule has 1 saturated heterocycles. The first kappa shape index (κ1) is 17.3. The molecular weight excluding hydrogens is 309 g/mol. The zero-order valence-electron chi connectivity index (χ0n) is 13.0. The molecule has 128 valence electrons. The van der Waals surface area contributed by atoms with E-state index >= 15 is 0 Å². The van der Waals surface area contributed by atoms with Crippen LogP contribution in [0.5, 0.6) is 0 Å². The van der Waals surface area contributed by atoms with E-state index in [9.17, 15) is 13.2 Å². The number of aromatic nitrogens is 2. The average molecular weight is 330 g/mol. The van der Waals surface area contributed by atoms with E-state index in [1.54, 1.807) is 0 Å². The fourth-order valence-corrected chi connectivity index (χ4v) is 2.29. The van der Waals surface area contributed by atoms with Crippen LogP contribution in [0.3, 0.4) is 0 Å². The second kappa shape index (κ2) is 7.98. The summed E-state index contributed by atoms with van der Waals surface area (Å²) in [4.78, 5) is 13.9. The van der Waals surface area contributed by atoms with Crippen molar-refractivity contribution in [3.05, 3.63) is 18.0 Å². The predicted octanol–water partition coefficient (Wildman–Crippen LogP) is 1.97. The first-order valence-corrected chi connectivity index (χ1v) is 7.68. The van der Waals surface area contributed by atoms with Crippen molar-refractivity contribution < 1.29 is 13.2 Å². The fraction of sp³-hybridized carbons (Fsp3) is 0.643. The lowest BCUT2D eigenvalue weighted by molar-refractivity contribution is -0.141. The van der Waals surface area contributed by atoms with Gasteiger partial charge in [0, 0.05) is 32.4 Å². The highest BCUT2D eigenvalue weighted by molar-refractivity contribution is 5.80. The third-order valence-electron chi connectivity index (χ3n) is 3.34. The monoisotopic (exact) mass is 330 g/mol. The Bertz CT molecular complexity index is 525. The van der Waals surface area contributed by atoms with E-state index in [0.717, 1.165) is 50.7 Å². The summed E-state index contributed by atoms with van der Waals surface area (Å²) in [5.74, 6) is 0.804. The second-order valence-electron chi connectivity index (χ2n) is 5.12. The smallest absolute Gasteiger partial charge is 0.357 e. The highest BCUT2D eigenvalue weighted by Crippen LogP contribution is 2.27. The molecule has 1 aliphatic rings. The van der Waals surface area contributed by atoms with E-state index in [1.807, 2.05) is 6.92 Å². The maximum Gasteiger partial charge on any atom is 0.433 e. The zero-order chi connectivity index (χ0) is 16.7. The SMILES string of the molecule is CCNC(=NCCNc1nccc(C(F)(F)F)n1)N1CCCC1. The Labute approximate surface area is 133 Å². The van der Waals surface area contributed by atoms with Crippen molar-refractivity contribution in [2.24, 2.45) is 4.99 Å². The minimum absolute atomic E-state index is 0.0406. The third kappa shape index (κ3) is 5.26. The Hall–Kier alpha value is -2.06. The molecule has 0 atom stereocenters. The van der Waals surface area contributed by atoms with Gasteiger partial charge in [-0.2, -0.15) is 13.2 Å². The van der Waals surface area contributed by atoms with Crippen LogP contribution >= 0.6 is 0 Å². The summed E-state index contributed by atoms with van der Waals surface area (Å²) >= 11 is 0. The van der Waals surface area contributed by atoms with Crippen molar-refractivity contribution in [2.75, 3.05) is 38.0 Å². The quantitative estimate of drug-likeness (QED) is 0.491. The summed E-state index contributed by atoms with van der Waals surface area (Å²) in [6.07, 6.45) is -1.07. The average Bonchev–Trinajstić information content (AvgIpc) is 3.04. The molecule has 2 N–H and O–H groups in total. The number of hydrogen-bond donors (Lipinski definition) is 2. The Kier molecular flexibility index (Phi) is 6.00. The van der Waals surface area contributed by atoms with Crippen LogP contribution < -0.4 is 10.6 Å². The van der Waals surface area contributed by atoms with Crippen LogP contribution in [-0.2, 0) is 6.18 Å². The summed E-state index contributed by atoms with van der Waals surface area (Å²) in [6.45, 7) is 5.54. The van der Waals surface area contributed by atoms with Crippen molar-refractivity contribution >= 4 is 11.9 Å². The zero-order valence-corrected chi connectivity index (χ0v) is 13.0. The maximum absolute atomic E-state index is 12.6. The number of rotatable bonds is 5. The standard InChI is InChI=1S/C14H21F3N6/c1-2-18-13(23-9-3-4-10-23)21-8-7-20-12-19-6-5-11(22-12)14(15,16)17/h5-6H,2-4,7-10H2,1H3,(H,18,21)(H,19,20,22). The summed E-state index contributed by atoms with van der Waals surface area (Å²) in [5.41, 5.74) is -0.955. The van der Waals surface area contributed by atoms with Gasteiger partial charge < -0.3 is 15.5 Å². The van der Waals surface area contributed by atoms with E-state index in [4.69, 9.17) is 0 Å². The molecule has 6 nitrogen and oxygen atoms in total. The Morgan fingerprint density at radius 3 is 2.74 bits per heavy atom. The molecular formula is C14H21F3N6. The highest BCUT2D eigenvalue weighted by Gasteiger charge is 2.32. The molecule has 0 radical (unpaired) electrons. The summed E-state index contributed by atoms with van der Waals surface area (Å²) in [6, 6.07) is 0.847. The van der Waals surface area contributed by atoms with Crippen LogP contribution in [0.25, 0.3) is 0 Å². The minimum Gasteiger partial charge on any atom is -0.357 e. The van der Waals surface area contributed by atoms with E-state index in [1.165, 1.54) is 0 Å². The molecule has 0 saturated carbocycles. The Morgan fingerprint density at radius 1 is 1.35 bits per heavy atom. The van der Waals surface area contributed by atoms with E-state index in [2.05, 4.69) is 30.5 Å². The topological polar surface area (TPSA) is 65.4 Å². The van der Waals surface area contributed by atoms with Crippen molar-refractivity contribution in [3.63, 3.8) is 0 Å².